The van der Waals surface area contributed by atoms with Gasteiger partial charge in [-0.1, -0.05) is 0 Å². The van der Waals surface area contributed by atoms with Crippen LogP contribution in [0.15, 0.2) is 49.1 Å². The number of pyridine rings is 2. The predicted octanol–water partition coefficient (Wildman–Crippen LogP) is -3.00. The van der Waals surface area contributed by atoms with Crippen molar-refractivity contribution in [2.45, 2.75) is 40.8 Å². The summed E-state index contributed by atoms with van der Waals surface area (Å²) in [4.78, 5) is 22.1. The number of halogens is 2. The number of aromatic carboxylic acids is 2. The van der Waals surface area contributed by atoms with Gasteiger partial charge >= 0.3 is 11.9 Å². The first kappa shape index (κ1) is 27.1. The molecule has 0 saturated carbocycles. The lowest BCUT2D eigenvalue weighted by atomic mass is 9.88. The van der Waals surface area contributed by atoms with Crippen LogP contribution in [0.2, 0.25) is 0 Å². The Balaban J connectivity index is 0.00000256. The highest BCUT2D eigenvalue weighted by molar-refractivity contribution is 5.87. The monoisotopic (exact) mass is 476 g/mol. The SMILES string of the molecule is Cc1c(C)c(C[n+]2ccc(C(=O)O)cc2)c(C)c(C)c1C[n+]1ccc(C(=O)O)cc1.[Cl-].[Cl-]. The van der Waals surface area contributed by atoms with Crippen molar-refractivity contribution in [1.82, 2.24) is 0 Å². The number of rotatable bonds is 6. The molecular formula is C24H26Cl2N2O4. The third kappa shape index (κ3) is 5.64. The molecular weight excluding hydrogens is 451 g/mol. The van der Waals surface area contributed by atoms with Crippen LogP contribution in [0.4, 0.5) is 0 Å². The molecule has 0 atom stereocenters. The zero-order chi connectivity index (χ0) is 22.0. The quantitative estimate of drug-likeness (QED) is 0.371. The minimum absolute atomic E-state index is 0. The maximum atomic E-state index is 11.1. The van der Waals surface area contributed by atoms with Crippen molar-refractivity contribution in [3.05, 3.63) is 93.6 Å². The standard InChI is InChI=1S/C24H24N2O4.2ClH/c1-15-16(2)22(14-26-11-7-20(8-12-26)24(29)30)18(4)17(3)21(15)13-25-9-5-19(6-10-25)23(27)28;;/h5-12H,13-14H2,1-4H3;2*1H. The molecule has 3 rings (SSSR count). The molecule has 1 aromatic carbocycles. The van der Waals surface area contributed by atoms with Crippen LogP contribution in [0.25, 0.3) is 0 Å². The number of carboxylic acids is 2. The number of aromatic nitrogens is 2. The number of hydrogen-bond donors (Lipinski definition) is 2. The van der Waals surface area contributed by atoms with E-state index in [1.165, 1.54) is 33.4 Å². The van der Waals surface area contributed by atoms with Gasteiger partial charge in [-0.15, -0.1) is 0 Å². The molecule has 0 amide bonds. The molecule has 0 fully saturated rings. The number of benzene rings is 1. The minimum Gasteiger partial charge on any atom is -1.00 e. The summed E-state index contributed by atoms with van der Waals surface area (Å²) in [5.41, 5.74) is 7.86. The minimum atomic E-state index is -0.931. The Morgan fingerprint density at radius 1 is 0.625 bits per heavy atom. The van der Waals surface area contributed by atoms with E-state index in [2.05, 4.69) is 27.7 Å². The van der Waals surface area contributed by atoms with E-state index in [4.69, 9.17) is 10.2 Å². The van der Waals surface area contributed by atoms with E-state index in [-0.39, 0.29) is 35.9 Å². The van der Waals surface area contributed by atoms with Crippen molar-refractivity contribution >= 4 is 11.9 Å². The average molecular weight is 477 g/mol. The third-order valence-electron chi connectivity index (χ3n) is 5.89. The fourth-order valence-electron chi connectivity index (χ4n) is 3.72. The van der Waals surface area contributed by atoms with Crippen molar-refractivity contribution in [2.24, 2.45) is 0 Å². The van der Waals surface area contributed by atoms with E-state index in [1.807, 2.05) is 9.13 Å². The molecule has 8 heteroatoms. The molecule has 0 aliphatic rings. The summed E-state index contributed by atoms with van der Waals surface area (Å²) in [7, 11) is 0. The van der Waals surface area contributed by atoms with E-state index in [0.29, 0.717) is 13.1 Å². The zero-order valence-corrected chi connectivity index (χ0v) is 19.9. The van der Waals surface area contributed by atoms with Crippen LogP contribution in [0.1, 0.15) is 54.1 Å². The maximum absolute atomic E-state index is 11.1. The normalized spacial score (nSPS) is 10.1. The highest BCUT2D eigenvalue weighted by Crippen LogP contribution is 2.26. The Morgan fingerprint density at radius 2 is 0.875 bits per heavy atom. The molecule has 6 nitrogen and oxygen atoms in total. The molecule has 32 heavy (non-hydrogen) atoms. The highest BCUT2D eigenvalue weighted by atomic mass is 35.5. The van der Waals surface area contributed by atoms with Gasteiger partial charge in [0.25, 0.3) is 0 Å². The number of carbonyl (C=O) groups is 2. The summed E-state index contributed by atoms with van der Waals surface area (Å²) in [5.74, 6) is -1.86. The maximum Gasteiger partial charge on any atom is 0.336 e. The summed E-state index contributed by atoms with van der Waals surface area (Å²) in [6, 6.07) is 6.44. The molecule has 170 valence electrons. The van der Waals surface area contributed by atoms with E-state index < -0.39 is 11.9 Å². The second-order valence-corrected chi connectivity index (χ2v) is 7.59. The van der Waals surface area contributed by atoms with Gasteiger partial charge < -0.3 is 35.0 Å². The van der Waals surface area contributed by atoms with Crippen LogP contribution in [0.5, 0.6) is 0 Å². The Labute approximate surface area is 200 Å². The van der Waals surface area contributed by atoms with Crippen LogP contribution in [-0.4, -0.2) is 22.2 Å². The Morgan fingerprint density at radius 3 is 1.09 bits per heavy atom. The first-order valence-corrected chi connectivity index (χ1v) is 9.72. The molecule has 0 aliphatic carbocycles. The van der Waals surface area contributed by atoms with Gasteiger partial charge in [0, 0.05) is 35.4 Å². The fourth-order valence-corrected chi connectivity index (χ4v) is 3.72. The lowest BCUT2D eigenvalue weighted by molar-refractivity contribution is -0.689. The van der Waals surface area contributed by atoms with Gasteiger partial charge in [-0.05, 0) is 49.9 Å². The predicted molar refractivity (Wildman–Crippen MR) is 111 cm³/mol. The summed E-state index contributed by atoms with van der Waals surface area (Å²) in [6.45, 7) is 9.80. The van der Waals surface area contributed by atoms with Gasteiger partial charge in [0.1, 0.15) is 0 Å². The molecule has 2 N–H and O–H groups in total. The van der Waals surface area contributed by atoms with Crippen LogP contribution in [0.3, 0.4) is 0 Å². The molecule has 0 spiro atoms. The van der Waals surface area contributed by atoms with E-state index in [0.717, 1.165) is 0 Å². The summed E-state index contributed by atoms with van der Waals surface area (Å²) >= 11 is 0. The van der Waals surface area contributed by atoms with Gasteiger partial charge in [-0.25, -0.2) is 18.7 Å². The van der Waals surface area contributed by atoms with Crippen molar-refractivity contribution in [3.63, 3.8) is 0 Å². The van der Waals surface area contributed by atoms with Crippen molar-refractivity contribution < 1.29 is 53.8 Å². The molecule has 0 radical (unpaired) electrons. The largest absolute Gasteiger partial charge is 1.00 e. The van der Waals surface area contributed by atoms with Crippen LogP contribution in [-0.2, 0) is 13.1 Å². The smallest absolute Gasteiger partial charge is 0.336 e. The third-order valence-corrected chi connectivity index (χ3v) is 5.89. The molecule has 3 aromatic rings. The number of nitrogens with zero attached hydrogens (tertiary/aromatic N) is 2. The van der Waals surface area contributed by atoms with Gasteiger partial charge in [-0.2, -0.15) is 0 Å². The Kier molecular flexibility index (Phi) is 9.36. The van der Waals surface area contributed by atoms with Gasteiger partial charge in [-0.3, -0.25) is 0 Å². The topological polar surface area (TPSA) is 82.4 Å². The highest BCUT2D eigenvalue weighted by Gasteiger charge is 2.20. The van der Waals surface area contributed by atoms with Crippen molar-refractivity contribution in [2.75, 3.05) is 0 Å². The van der Waals surface area contributed by atoms with Gasteiger partial charge in [0.2, 0.25) is 0 Å². The second kappa shape index (κ2) is 11.1. The van der Waals surface area contributed by atoms with E-state index >= 15 is 0 Å². The lowest BCUT2D eigenvalue weighted by Gasteiger charge is -2.18. The molecule has 2 aromatic heterocycles. The number of hydrogen-bond acceptors (Lipinski definition) is 2. The summed E-state index contributed by atoms with van der Waals surface area (Å²) in [5, 5.41) is 18.2. The molecule has 2 heterocycles. The molecule has 0 aliphatic heterocycles. The average Bonchev–Trinajstić information content (AvgIpc) is 2.73. The van der Waals surface area contributed by atoms with Crippen molar-refractivity contribution in [1.29, 1.82) is 0 Å². The molecule has 0 unspecified atom stereocenters. The van der Waals surface area contributed by atoms with Crippen molar-refractivity contribution in [3.8, 4) is 0 Å². The summed E-state index contributed by atoms with van der Waals surface area (Å²) in [6.07, 6.45) is 7.17. The number of carboxylic acid groups (broad SMARTS) is 2. The van der Waals surface area contributed by atoms with Crippen LogP contribution >= 0.6 is 0 Å². The van der Waals surface area contributed by atoms with E-state index in [9.17, 15) is 9.59 Å². The molecule has 0 saturated heterocycles. The fraction of sp³-hybridized carbons (Fsp3) is 0.250. The first-order chi connectivity index (χ1) is 14.2. The zero-order valence-electron chi connectivity index (χ0n) is 18.4. The van der Waals surface area contributed by atoms with Crippen LogP contribution < -0.4 is 33.9 Å². The van der Waals surface area contributed by atoms with Gasteiger partial charge in [0.05, 0.1) is 11.1 Å². The lowest BCUT2D eigenvalue weighted by Crippen LogP contribution is -3.00. The van der Waals surface area contributed by atoms with Crippen LogP contribution in [0, 0.1) is 27.7 Å². The van der Waals surface area contributed by atoms with Gasteiger partial charge in [0.15, 0.2) is 37.9 Å². The Hall–Kier alpha value is -2.96. The molecule has 0 bridgehead atoms. The second-order valence-electron chi connectivity index (χ2n) is 7.59. The summed E-state index contributed by atoms with van der Waals surface area (Å²) < 4.78 is 3.97. The Bertz CT molecular complexity index is 1010. The van der Waals surface area contributed by atoms with E-state index in [1.54, 1.807) is 49.1 Å². The first-order valence-electron chi connectivity index (χ1n) is 9.72.